The first-order valence-corrected chi connectivity index (χ1v) is 11.3. The zero-order valence-corrected chi connectivity index (χ0v) is 19.0. The summed E-state index contributed by atoms with van der Waals surface area (Å²) < 4.78 is 2.03. The number of aromatic nitrogens is 3. The molecule has 6 heteroatoms. The summed E-state index contributed by atoms with van der Waals surface area (Å²) in [7, 11) is 0. The van der Waals surface area contributed by atoms with Gasteiger partial charge in [-0.2, -0.15) is 0 Å². The van der Waals surface area contributed by atoms with Crippen molar-refractivity contribution in [3.8, 4) is 0 Å². The van der Waals surface area contributed by atoms with Crippen molar-refractivity contribution in [1.29, 1.82) is 0 Å². The maximum atomic E-state index is 12.7. The molecule has 0 spiro atoms. The summed E-state index contributed by atoms with van der Waals surface area (Å²) in [5, 5.41) is 0.802. The third kappa shape index (κ3) is 5.34. The number of imidazole rings is 1. The average molecular weight is 437 g/mol. The molecule has 0 radical (unpaired) electrons. The molecule has 0 atom stereocenters. The lowest BCUT2D eigenvalue weighted by Crippen LogP contribution is -2.38. The molecular weight excluding hydrogens is 408 g/mol. The smallest absolute Gasteiger partial charge is 0.224 e. The van der Waals surface area contributed by atoms with E-state index >= 15 is 0 Å². The van der Waals surface area contributed by atoms with E-state index in [1.807, 2.05) is 40.8 Å². The molecule has 0 aliphatic carbocycles. The fraction of sp³-hybridized carbons (Fsp3) is 0.400. The first kappa shape index (κ1) is 21.6. The number of rotatable bonds is 6. The van der Waals surface area contributed by atoms with Gasteiger partial charge in [-0.3, -0.25) is 9.78 Å². The largest absolute Gasteiger partial charge is 0.343 e. The van der Waals surface area contributed by atoms with Crippen LogP contribution in [0.1, 0.15) is 53.5 Å². The van der Waals surface area contributed by atoms with Crippen LogP contribution in [0.4, 0.5) is 0 Å². The Morgan fingerprint density at radius 3 is 2.65 bits per heavy atom. The molecular formula is C25H29ClN4O. The summed E-state index contributed by atoms with van der Waals surface area (Å²) in [5.74, 6) is 1.57. The lowest BCUT2D eigenvalue weighted by atomic mass is 9.91. The average Bonchev–Trinajstić information content (AvgIpc) is 3.18. The van der Waals surface area contributed by atoms with Gasteiger partial charge in [-0.1, -0.05) is 29.8 Å². The van der Waals surface area contributed by atoms with Crippen molar-refractivity contribution in [1.82, 2.24) is 19.4 Å². The molecule has 162 valence electrons. The molecule has 0 unspecified atom stereocenters. The summed E-state index contributed by atoms with van der Waals surface area (Å²) in [4.78, 5) is 23.7. The Labute approximate surface area is 189 Å². The van der Waals surface area contributed by atoms with Gasteiger partial charge in [-0.05, 0) is 62.4 Å². The minimum Gasteiger partial charge on any atom is -0.343 e. The van der Waals surface area contributed by atoms with Crippen LogP contribution in [0.3, 0.4) is 0 Å². The number of benzene rings is 1. The molecule has 1 fully saturated rings. The highest BCUT2D eigenvalue weighted by atomic mass is 35.5. The number of nitrogens with zero attached hydrogens (tertiary/aromatic N) is 4. The minimum absolute atomic E-state index is 0.225. The molecule has 4 rings (SSSR count). The molecule has 1 saturated heterocycles. The van der Waals surface area contributed by atoms with Crippen LogP contribution in [-0.2, 0) is 17.8 Å². The van der Waals surface area contributed by atoms with E-state index in [0.29, 0.717) is 18.9 Å². The van der Waals surface area contributed by atoms with Crippen molar-refractivity contribution >= 4 is 17.5 Å². The summed E-state index contributed by atoms with van der Waals surface area (Å²) >= 11 is 6.36. The topological polar surface area (TPSA) is 51.0 Å². The standard InChI is InChI=1S/C25H29ClN4O/c1-18-15-20(16-22-5-3-4-6-23(22)26)17-24(28-18)21-7-11-30(12-8-21)25(31)9-13-29-14-10-27-19(29)2/h3-6,10,14-15,17,21H,7-9,11-13,16H2,1-2H3. The van der Waals surface area contributed by atoms with E-state index in [0.717, 1.165) is 60.2 Å². The number of carbonyl (C=O) groups is 1. The SMILES string of the molecule is Cc1cc(Cc2ccccc2Cl)cc(C2CCN(C(=O)CCn3ccnc3C)CC2)n1. The fourth-order valence-electron chi connectivity index (χ4n) is 4.38. The van der Waals surface area contributed by atoms with Gasteiger partial charge in [0.1, 0.15) is 5.82 Å². The Morgan fingerprint density at radius 2 is 1.94 bits per heavy atom. The lowest BCUT2D eigenvalue weighted by Gasteiger charge is -2.32. The summed E-state index contributed by atoms with van der Waals surface area (Å²) in [6.45, 7) is 6.29. The highest BCUT2D eigenvalue weighted by molar-refractivity contribution is 6.31. The molecule has 3 heterocycles. The van der Waals surface area contributed by atoms with Crippen LogP contribution in [0, 0.1) is 13.8 Å². The van der Waals surface area contributed by atoms with E-state index in [1.54, 1.807) is 6.20 Å². The number of hydrogen-bond donors (Lipinski definition) is 0. The highest BCUT2D eigenvalue weighted by Gasteiger charge is 2.25. The lowest BCUT2D eigenvalue weighted by molar-refractivity contribution is -0.132. The van der Waals surface area contributed by atoms with Gasteiger partial charge in [-0.15, -0.1) is 0 Å². The van der Waals surface area contributed by atoms with Gasteiger partial charge in [0, 0.05) is 60.8 Å². The summed E-state index contributed by atoms with van der Waals surface area (Å²) in [6.07, 6.45) is 6.95. The molecule has 0 N–H and O–H groups in total. The molecule has 1 aliphatic rings. The van der Waals surface area contributed by atoms with E-state index in [4.69, 9.17) is 16.6 Å². The van der Waals surface area contributed by atoms with Crippen LogP contribution >= 0.6 is 11.6 Å². The van der Waals surface area contributed by atoms with Crippen molar-refractivity contribution in [2.75, 3.05) is 13.1 Å². The maximum absolute atomic E-state index is 12.7. The quantitative estimate of drug-likeness (QED) is 0.550. The van der Waals surface area contributed by atoms with Crippen LogP contribution < -0.4 is 0 Å². The second-order valence-corrected chi connectivity index (χ2v) is 8.79. The Kier molecular flexibility index (Phi) is 6.71. The van der Waals surface area contributed by atoms with Gasteiger partial charge in [0.05, 0.1) is 0 Å². The van der Waals surface area contributed by atoms with Crippen LogP contribution in [0.2, 0.25) is 5.02 Å². The Bertz CT molecular complexity index is 1050. The molecule has 31 heavy (non-hydrogen) atoms. The predicted molar refractivity (Wildman–Crippen MR) is 123 cm³/mol. The van der Waals surface area contributed by atoms with E-state index in [-0.39, 0.29) is 5.91 Å². The number of amides is 1. The van der Waals surface area contributed by atoms with Crippen molar-refractivity contribution in [3.05, 3.63) is 82.2 Å². The maximum Gasteiger partial charge on any atom is 0.224 e. The number of likely N-dealkylation sites (tertiary alicyclic amines) is 1. The second kappa shape index (κ2) is 9.65. The zero-order chi connectivity index (χ0) is 21.8. The van der Waals surface area contributed by atoms with Crippen LogP contribution in [0.15, 0.2) is 48.8 Å². The molecule has 0 saturated carbocycles. The van der Waals surface area contributed by atoms with Gasteiger partial charge in [0.15, 0.2) is 0 Å². The van der Waals surface area contributed by atoms with Crippen molar-refractivity contribution in [2.45, 2.75) is 52.0 Å². The molecule has 5 nitrogen and oxygen atoms in total. The van der Waals surface area contributed by atoms with Crippen LogP contribution in [0.25, 0.3) is 0 Å². The fourth-order valence-corrected chi connectivity index (χ4v) is 4.58. The second-order valence-electron chi connectivity index (χ2n) is 8.38. The van der Waals surface area contributed by atoms with E-state index in [9.17, 15) is 4.79 Å². The third-order valence-corrected chi connectivity index (χ3v) is 6.51. The number of carbonyl (C=O) groups excluding carboxylic acids is 1. The minimum atomic E-state index is 0.225. The Balaban J connectivity index is 1.36. The Hall–Kier alpha value is -2.66. The van der Waals surface area contributed by atoms with Crippen molar-refractivity contribution < 1.29 is 4.79 Å². The van der Waals surface area contributed by atoms with Gasteiger partial charge >= 0.3 is 0 Å². The summed E-state index contributed by atoms with van der Waals surface area (Å²) in [5.41, 5.74) is 4.55. The highest BCUT2D eigenvalue weighted by Crippen LogP contribution is 2.29. The number of piperidine rings is 1. The predicted octanol–water partition coefficient (Wildman–Crippen LogP) is 4.94. The molecule has 1 aromatic carbocycles. The van der Waals surface area contributed by atoms with Crippen LogP contribution in [0.5, 0.6) is 0 Å². The van der Waals surface area contributed by atoms with Gasteiger partial charge < -0.3 is 9.47 Å². The molecule has 2 aromatic heterocycles. The monoisotopic (exact) mass is 436 g/mol. The third-order valence-electron chi connectivity index (χ3n) is 6.14. The number of pyridine rings is 1. The normalized spacial score (nSPS) is 14.7. The first-order chi connectivity index (χ1) is 15.0. The molecule has 0 bridgehead atoms. The summed E-state index contributed by atoms with van der Waals surface area (Å²) in [6, 6.07) is 12.4. The van der Waals surface area contributed by atoms with Gasteiger partial charge in [-0.25, -0.2) is 4.98 Å². The Morgan fingerprint density at radius 1 is 1.16 bits per heavy atom. The van der Waals surface area contributed by atoms with Crippen molar-refractivity contribution in [3.63, 3.8) is 0 Å². The first-order valence-electron chi connectivity index (χ1n) is 11.0. The van der Waals surface area contributed by atoms with Gasteiger partial charge in [0.2, 0.25) is 5.91 Å². The molecule has 3 aromatic rings. The number of halogens is 1. The van der Waals surface area contributed by atoms with E-state index in [1.165, 1.54) is 5.56 Å². The number of aryl methyl sites for hydroxylation is 3. The van der Waals surface area contributed by atoms with Crippen LogP contribution in [-0.4, -0.2) is 38.4 Å². The van der Waals surface area contributed by atoms with E-state index in [2.05, 4.69) is 30.1 Å². The van der Waals surface area contributed by atoms with Gasteiger partial charge in [0.25, 0.3) is 0 Å². The van der Waals surface area contributed by atoms with E-state index < -0.39 is 0 Å². The number of hydrogen-bond acceptors (Lipinski definition) is 3. The zero-order valence-electron chi connectivity index (χ0n) is 18.2. The van der Waals surface area contributed by atoms with Crippen molar-refractivity contribution in [2.24, 2.45) is 0 Å². The molecule has 1 amide bonds. The molecule has 1 aliphatic heterocycles.